The minimum absolute atomic E-state index is 0.171. The van der Waals surface area contributed by atoms with Gasteiger partial charge in [-0.1, -0.05) is 16.8 Å². The van der Waals surface area contributed by atoms with E-state index in [0.29, 0.717) is 44.5 Å². The minimum atomic E-state index is -5.08. The molecule has 5 rings (SSSR count). The highest BCUT2D eigenvalue weighted by atomic mass is 35.5. The number of aromatic nitrogens is 5. The zero-order chi connectivity index (χ0) is 26.4. The summed E-state index contributed by atoms with van der Waals surface area (Å²) < 4.78 is 68.3. The summed E-state index contributed by atoms with van der Waals surface area (Å²) in [7, 11) is 1.69. The Morgan fingerprint density at radius 1 is 1.28 bits per heavy atom. The van der Waals surface area contributed by atoms with Gasteiger partial charge in [-0.2, -0.15) is 18.2 Å². The highest BCUT2D eigenvalue weighted by Gasteiger charge is 2.49. The summed E-state index contributed by atoms with van der Waals surface area (Å²) in [5, 5.41) is 12.2. The predicted molar refractivity (Wildman–Crippen MR) is 117 cm³/mol. The SMILES string of the molecule is Cc1nc(Cc2nc3cnc4ccc(Cl)cc4c3n2C2CN(C)CC2(F)F)no1.O=C(O)C(F)(F)F. The lowest BCUT2D eigenvalue weighted by Gasteiger charge is -2.22. The van der Waals surface area contributed by atoms with Crippen LogP contribution in [0.1, 0.15) is 23.6 Å². The third-order valence-corrected chi connectivity index (χ3v) is 5.68. The molecular weight excluding hydrogens is 515 g/mol. The molecule has 1 aromatic carbocycles. The molecule has 1 saturated heterocycles. The molecule has 1 aliphatic rings. The van der Waals surface area contributed by atoms with E-state index in [0.717, 1.165) is 0 Å². The number of benzene rings is 1. The molecule has 1 fully saturated rings. The molecule has 1 unspecified atom stereocenters. The van der Waals surface area contributed by atoms with E-state index in [4.69, 9.17) is 26.0 Å². The predicted octanol–water partition coefficient (Wildman–Crippen LogP) is 4.28. The van der Waals surface area contributed by atoms with E-state index in [9.17, 15) is 22.0 Å². The summed E-state index contributed by atoms with van der Waals surface area (Å²) in [6.45, 7) is 1.56. The molecule has 0 bridgehead atoms. The lowest BCUT2D eigenvalue weighted by molar-refractivity contribution is -0.192. The van der Waals surface area contributed by atoms with Crippen LogP contribution in [0.3, 0.4) is 0 Å². The second kappa shape index (κ2) is 9.24. The molecular formula is C21H18ClF5N6O3. The minimum Gasteiger partial charge on any atom is -0.475 e. The van der Waals surface area contributed by atoms with Gasteiger partial charge in [0.15, 0.2) is 5.82 Å². The Morgan fingerprint density at radius 3 is 2.53 bits per heavy atom. The number of carboxylic acid groups (broad SMARTS) is 1. The Kier molecular flexibility index (Phi) is 6.60. The van der Waals surface area contributed by atoms with Crippen molar-refractivity contribution in [3.8, 4) is 0 Å². The number of hydrogen-bond acceptors (Lipinski definition) is 7. The quantitative estimate of drug-likeness (QED) is 0.389. The second-order valence-corrected chi connectivity index (χ2v) is 8.67. The van der Waals surface area contributed by atoms with E-state index in [-0.39, 0.29) is 19.5 Å². The smallest absolute Gasteiger partial charge is 0.475 e. The van der Waals surface area contributed by atoms with Crippen LogP contribution in [0.4, 0.5) is 22.0 Å². The summed E-state index contributed by atoms with van der Waals surface area (Å²) in [5.74, 6) is -4.43. The molecule has 0 spiro atoms. The summed E-state index contributed by atoms with van der Waals surface area (Å²) in [4.78, 5) is 23.7. The van der Waals surface area contributed by atoms with Gasteiger partial charge in [0.05, 0.1) is 30.2 Å². The fraction of sp³-hybridized carbons (Fsp3) is 0.381. The Balaban J connectivity index is 0.000000384. The summed E-state index contributed by atoms with van der Waals surface area (Å²) in [6.07, 6.45) is -3.31. The molecule has 0 aliphatic carbocycles. The molecule has 1 aliphatic heterocycles. The van der Waals surface area contributed by atoms with Crippen LogP contribution in [0.25, 0.3) is 21.9 Å². The number of aryl methyl sites for hydroxylation is 1. The number of carboxylic acids is 1. The zero-order valence-corrected chi connectivity index (χ0v) is 19.5. The maximum Gasteiger partial charge on any atom is 0.490 e. The van der Waals surface area contributed by atoms with Gasteiger partial charge >= 0.3 is 12.1 Å². The lowest BCUT2D eigenvalue weighted by Crippen LogP contribution is -2.30. The van der Waals surface area contributed by atoms with Crippen molar-refractivity contribution in [3.05, 3.63) is 47.0 Å². The lowest BCUT2D eigenvalue weighted by atomic mass is 10.1. The highest BCUT2D eigenvalue weighted by Crippen LogP contribution is 2.40. The number of fused-ring (bicyclic) bond motifs is 3. The molecule has 192 valence electrons. The van der Waals surface area contributed by atoms with E-state index in [1.165, 1.54) is 0 Å². The van der Waals surface area contributed by atoms with Crippen LogP contribution in [0, 0.1) is 6.92 Å². The number of nitrogens with zero attached hydrogens (tertiary/aromatic N) is 6. The molecule has 4 aromatic rings. The third-order valence-electron chi connectivity index (χ3n) is 5.44. The number of carbonyl (C=O) groups is 1. The van der Waals surface area contributed by atoms with Gasteiger partial charge in [0.1, 0.15) is 17.4 Å². The van der Waals surface area contributed by atoms with Crippen molar-refractivity contribution in [2.75, 3.05) is 20.1 Å². The molecule has 0 amide bonds. The van der Waals surface area contributed by atoms with Crippen molar-refractivity contribution in [1.82, 2.24) is 29.6 Å². The van der Waals surface area contributed by atoms with Crippen LogP contribution < -0.4 is 0 Å². The second-order valence-electron chi connectivity index (χ2n) is 8.23. The number of likely N-dealkylation sites (tertiary alicyclic amines) is 1. The van der Waals surface area contributed by atoms with Crippen LogP contribution in [0.15, 0.2) is 28.9 Å². The third kappa shape index (κ3) is 5.09. The Morgan fingerprint density at radius 2 is 1.97 bits per heavy atom. The number of alkyl halides is 5. The standard InChI is InChI=1S/C19H17ClF2N6O.C2HF3O2/c1-10-24-16(26-29-10)6-17-25-14-7-23-13-4-3-11(20)5-12(13)18(14)28(17)15-8-27(2)9-19(15,21)22;3-2(4,5)1(6)7/h3-5,7,15H,6,8-9H2,1-2H3;(H,6,7). The van der Waals surface area contributed by atoms with E-state index < -0.39 is 24.1 Å². The number of rotatable bonds is 3. The number of hydrogen-bond donors (Lipinski definition) is 1. The zero-order valence-electron chi connectivity index (χ0n) is 18.7. The van der Waals surface area contributed by atoms with Gasteiger partial charge in [0, 0.05) is 23.9 Å². The number of halogens is 6. The fourth-order valence-electron chi connectivity index (χ4n) is 4.04. The van der Waals surface area contributed by atoms with Gasteiger partial charge in [0.25, 0.3) is 5.92 Å². The largest absolute Gasteiger partial charge is 0.490 e. The average Bonchev–Trinajstić information content (AvgIpc) is 3.41. The molecule has 0 saturated carbocycles. The summed E-state index contributed by atoms with van der Waals surface area (Å²) >= 11 is 6.20. The molecule has 3 aromatic heterocycles. The van der Waals surface area contributed by atoms with E-state index in [2.05, 4.69) is 20.1 Å². The van der Waals surface area contributed by atoms with Gasteiger partial charge in [0.2, 0.25) is 5.89 Å². The van der Waals surface area contributed by atoms with Crippen molar-refractivity contribution >= 4 is 39.5 Å². The van der Waals surface area contributed by atoms with Gasteiger partial charge < -0.3 is 14.2 Å². The molecule has 4 heterocycles. The van der Waals surface area contributed by atoms with Crippen molar-refractivity contribution in [3.63, 3.8) is 0 Å². The Labute approximate surface area is 204 Å². The van der Waals surface area contributed by atoms with Crippen LogP contribution in [0.2, 0.25) is 5.02 Å². The molecule has 9 nitrogen and oxygen atoms in total. The normalized spacial score (nSPS) is 17.9. The Bertz CT molecular complexity index is 1440. The first-order valence-electron chi connectivity index (χ1n) is 10.4. The maximum atomic E-state index is 15.0. The summed E-state index contributed by atoms with van der Waals surface area (Å²) in [5.41, 5.74) is 1.78. The number of imidazole rings is 1. The van der Waals surface area contributed by atoms with Crippen molar-refractivity contribution in [2.45, 2.75) is 31.5 Å². The van der Waals surface area contributed by atoms with Gasteiger partial charge in [-0.15, -0.1) is 0 Å². The monoisotopic (exact) mass is 532 g/mol. The first kappa shape index (κ1) is 25.7. The van der Waals surface area contributed by atoms with Crippen LogP contribution in [-0.4, -0.2) is 72.9 Å². The molecule has 15 heteroatoms. The van der Waals surface area contributed by atoms with E-state index >= 15 is 0 Å². The van der Waals surface area contributed by atoms with Gasteiger partial charge in [-0.3, -0.25) is 9.88 Å². The average molecular weight is 533 g/mol. The summed E-state index contributed by atoms with van der Waals surface area (Å²) in [6, 6.07) is 4.16. The Hall–Kier alpha value is -3.39. The van der Waals surface area contributed by atoms with Crippen LogP contribution >= 0.6 is 11.6 Å². The van der Waals surface area contributed by atoms with Crippen LogP contribution in [0.5, 0.6) is 0 Å². The van der Waals surface area contributed by atoms with Crippen molar-refractivity contribution in [2.24, 2.45) is 0 Å². The number of likely N-dealkylation sites (N-methyl/N-ethyl adjacent to an activating group) is 1. The van der Waals surface area contributed by atoms with Crippen molar-refractivity contribution in [1.29, 1.82) is 0 Å². The highest BCUT2D eigenvalue weighted by molar-refractivity contribution is 6.31. The fourth-order valence-corrected chi connectivity index (χ4v) is 4.21. The van der Waals surface area contributed by atoms with E-state index in [1.807, 2.05) is 0 Å². The first-order chi connectivity index (χ1) is 16.8. The van der Waals surface area contributed by atoms with Gasteiger partial charge in [-0.05, 0) is 25.2 Å². The number of aliphatic carboxylic acids is 1. The van der Waals surface area contributed by atoms with Crippen LogP contribution in [-0.2, 0) is 11.2 Å². The number of pyridine rings is 1. The molecule has 0 radical (unpaired) electrons. The van der Waals surface area contributed by atoms with E-state index in [1.54, 1.807) is 47.8 Å². The van der Waals surface area contributed by atoms with Gasteiger partial charge in [-0.25, -0.2) is 18.6 Å². The molecule has 36 heavy (non-hydrogen) atoms. The maximum absolute atomic E-state index is 15.0. The topological polar surface area (TPSA) is 110 Å². The first-order valence-corrected chi connectivity index (χ1v) is 10.7. The molecule has 1 N–H and O–H groups in total. The van der Waals surface area contributed by atoms with Crippen molar-refractivity contribution < 1.29 is 36.4 Å². The molecule has 1 atom stereocenters.